The summed E-state index contributed by atoms with van der Waals surface area (Å²) in [4.78, 5) is 15.7. The van der Waals surface area contributed by atoms with Gasteiger partial charge in [-0.3, -0.25) is 9.78 Å². The first-order valence-electron chi connectivity index (χ1n) is 6.39. The molecule has 1 heterocycles. The monoisotopic (exact) mass is 261 g/mol. The Labute approximate surface area is 111 Å². The van der Waals surface area contributed by atoms with E-state index in [0.717, 1.165) is 19.0 Å². The smallest absolute Gasteiger partial charge is 0.255 e. The Kier molecular flexibility index (Phi) is 3.79. The van der Waals surface area contributed by atoms with Crippen molar-refractivity contribution in [2.24, 2.45) is 5.92 Å². The summed E-state index contributed by atoms with van der Waals surface area (Å²) in [5.74, 6) is -0.649. The molecule has 2 rings (SSSR count). The molecule has 1 saturated carbocycles. The number of carbonyl (C=O) groups is 1. The zero-order valence-corrected chi connectivity index (χ0v) is 10.8. The summed E-state index contributed by atoms with van der Waals surface area (Å²) in [6, 6.07) is 3.51. The normalized spacial score (nSPS) is 26.5. The van der Waals surface area contributed by atoms with E-state index in [9.17, 15) is 14.4 Å². The Balaban J connectivity index is 2.14. The van der Waals surface area contributed by atoms with Gasteiger partial charge in [-0.25, -0.2) is 4.39 Å². The van der Waals surface area contributed by atoms with Crippen LogP contribution in [0.25, 0.3) is 0 Å². The van der Waals surface area contributed by atoms with Crippen LogP contribution < -0.4 is 5.32 Å². The molecule has 0 aliphatic heterocycles. The highest BCUT2D eigenvalue weighted by molar-refractivity contribution is 5.95. The van der Waals surface area contributed by atoms with Crippen molar-refractivity contribution in [1.29, 1.82) is 5.26 Å². The number of nitriles is 1. The standard InChI is InChI=1S/C14H16FN3O/c1-10-2-5-14(9-16,6-3-10)18-13(19)11-4-7-17-8-12(11)15/h4,7-8,10H,2-3,5-6H2,1H3,(H,18,19). The van der Waals surface area contributed by atoms with Crippen LogP contribution in [0.15, 0.2) is 18.5 Å². The molecule has 1 aliphatic carbocycles. The van der Waals surface area contributed by atoms with E-state index in [-0.39, 0.29) is 5.56 Å². The molecule has 1 N–H and O–H groups in total. The Morgan fingerprint density at radius 2 is 2.26 bits per heavy atom. The molecule has 1 amide bonds. The molecule has 1 fully saturated rings. The van der Waals surface area contributed by atoms with Crippen LogP contribution in [-0.4, -0.2) is 16.4 Å². The number of hydrogen-bond donors (Lipinski definition) is 1. The highest BCUT2D eigenvalue weighted by Crippen LogP contribution is 2.31. The van der Waals surface area contributed by atoms with E-state index in [2.05, 4.69) is 23.3 Å². The fourth-order valence-corrected chi connectivity index (χ4v) is 2.36. The molecule has 19 heavy (non-hydrogen) atoms. The number of hydrogen-bond acceptors (Lipinski definition) is 3. The van der Waals surface area contributed by atoms with Crippen LogP contribution in [0.4, 0.5) is 4.39 Å². The van der Waals surface area contributed by atoms with Gasteiger partial charge in [0.1, 0.15) is 5.54 Å². The van der Waals surface area contributed by atoms with Gasteiger partial charge in [-0.05, 0) is 37.7 Å². The molecular formula is C14H16FN3O. The fraction of sp³-hybridized carbons (Fsp3) is 0.500. The van der Waals surface area contributed by atoms with Crippen molar-refractivity contribution >= 4 is 5.91 Å². The lowest BCUT2D eigenvalue weighted by atomic mass is 9.78. The first kappa shape index (κ1) is 13.5. The minimum absolute atomic E-state index is 0.0664. The molecule has 1 aromatic rings. The molecular weight excluding hydrogens is 245 g/mol. The number of aromatic nitrogens is 1. The number of rotatable bonds is 2. The maximum absolute atomic E-state index is 13.5. The summed E-state index contributed by atoms with van der Waals surface area (Å²) >= 11 is 0. The molecule has 0 unspecified atom stereocenters. The predicted molar refractivity (Wildman–Crippen MR) is 67.6 cm³/mol. The van der Waals surface area contributed by atoms with Gasteiger partial charge in [0, 0.05) is 6.20 Å². The summed E-state index contributed by atoms with van der Waals surface area (Å²) < 4.78 is 13.5. The largest absolute Gasteiger partial charge is 0.334 e. The maximum Gasteiger partial charge on any atom is 0.255 e. The van der Waals surface area contributed by atoms with E-state index in [4.69, 9.17) is 0 Å². The van der Waals surface area contributed by atoms with Crippen molar-refractivity contribution in [1.82, 2.24) is 10.3 Å². The van der Waals surface area contributed by atoms with Gasteiger partial charge in [0.05, 0.1) is 17.8 Å². The summed E-state index contributed by atoms with van der Waals surface area (Å²) in [5.41, 5.74) is -0.928. The lowest BCUT2D eigenvalue weighted by Crippen LogP contribution is -2.49. The van der Waals surface area contributed by atoms with E-state index in [1.54, 1.807) is 0 Å². The third kappa shape index (κ3) is 2.90. The Bertz CT molecular complexity index is 516. The van der Waals surface area contributed by atoms with Crippen LogP contribution in [0.1, 0.15) is 43.0 Å². The molecule has 1 aromatic heterocycles. The molecule has 0 saturated heterocycles. The van der Waals surface area contributed by atoms with Crippen LogP contribution in [0.5, 0.6) is 0 Å². The molecule has 1 aliphatic rings. The quantitative estimate of drug-likeness (QED) is 0.889. The topological polar surface area (TPSA) is 65.8 Å². The fourth-order valence-electron chi connectivity index (χ4n) is 2.36. The number of carbonyl (C=O) groups excluding carboxylic acids is 1. The molecule has 0 spiro atoms. The number of nitrogens with one attached hydrogen (secondary N) is 1. The van der Waals surface area contributed by atoms with Crippen LogP contribution in [-0.2, 0) is 0 Å². The average Bonchev–Trinajstić information content (AvgIpc) is 2.42. The van der Waals surface area contributed by atoms with Gasteiger partial charge in [0.25, 0.3) is 5.91 Å². The second-order valence-corrected chi connectivity index (χ2v) is 5.19. The summed E-state index contributed by atoms with van der Waals surface area (Å²) in [6.07, 6.45) is 5.38. The highest BCUT2D eigenvalue weighted by atomic mass is 19.1. The van der Waals surface area contributed by atoms with Crippen LogP contribution >= 0.6 is 0 Å². The number of pyridine rings is 1. The first-order valence-corrected chi connectivity index (χ1v) is 6.39. The Hall–Kier alpha value is -1.96. The predicted octanol–water partition coefficient (Wildman–Crippen LogP) is 2.42. The molecule has 100 valence electrons. The summed E-state index contributed by atoms with van der Waals surface area (Å²) in [6.45, 7) is 2.13. The Morgan fingerprint density at radius 1 is 1.58 bits per heavy atom. The average molecular weight is 261 g/mol. The van der Waals surface area contributed by atoms with Gasteiger partial charge >= 0.3 is 0 Å². The van der Waals surface area contributed by atoms with Crippen LogP contribution in [0, 0.1) is 23.1 Å². The van der Waals surface area contributed by atoms with E-state index in [1.807, 2.05) is 0 Å². The van der Waals surface area contributed by atoms with Gasteiger partial charge in [0.15, 0.2) is 5.82 Å². The molecule has 0 bridgehead atoms. The van der Waals surface area contributed by atoms with E-state index < -0.39 is 17.3 Å². The molecule has 0 radical (unpaired) electrons. The van der Waals surface area contributed by atoms with Gasteiger partial charge in [-0.1, -0.05) is 6.92 Å². The van der Waals surface area contributed by atoms with E-state index >= 15 is 0 Å². The lowest BCUT2D eigenvalue weighted by molar-refractivity contribution is 0.0889. The van der Waals surface area contributed by atoms with Gasteiger partial charge in [-0.15, -0.1) is 0 Å². The lowest BCUT2D eigenvalue weighted by Gasteiger charge is -2.34. The third-order valence-corrected chi connectivity index (χ3v) is 3.71. The molecule has 0 atom stereocenters. The molecule has 4 nitrogen and oxygen atoms in total. The second kappa shape index (κ2) is 5.35. The van der Waals surface area contributed by atoms with Crippen molar-refractivity contribution in [2.75, 3.05) is 0 Å². The number of halogens is 1. The van der Waals surface area contributed by atoms with Crippen molar-refractivity contribution < 1.29 is 9.18 Å². The first-order chi connectivity index (χ1) is 9.06. The van der Waals surface area contributed by atoms with Crippen LogP contribution in [0.3, 0.4) is 0 Å². The summed E-state index contributed by atoms with van der Waals surface area (Å²) in [5, 5.41) is 12.0. The zero-order chi connectivity index (χ0) is 13.9. The van der Waals surface area contributed by atoms with Gasteiger partial charge in [0.2, 0.25) is 0 Å². The SMILES string of the molecule is CC1CCC(C#N)(NC(=O)c2ccncc2F)CC1. The Morgan fingerprint density at radius 3 is 2.84 bits per heavy atom. The number of amides is 1. The van der Waals surface area contributed by atoms with E-state index in [1.165, 1.54) is 12.3 Å². The summed E-state index contributed by atoms with van der Waals surface area (Å²) in [7, 11) is 0. The molecule has 5 heteroatoms. The third-order valence-electron chi connectivity index (χ3n) is 3.71. The number of nitrogens with zero attached hydrogens (tertiary/aromatic N) is 2. The highest BCUT2D eigenvalue weighted by Gasteiger charge is 2.36. The zero-order valence-electron chi connectivity index (χ0n) is 10.8. The van der Waals surface area contributed by atoms with Gasteiger partial charge in [-0.2, -0.15) is 5.26 Å². The van der Waals surface area contributed by atoms with E-state index in [0.29, 0.717) is 18.8 Å². The minimum atomic E-state index is -0.862. The van der Waals surface area contributed by atoms with Crippen molar-refractivity contribution in [3.63, 3.8) is 0 Å². The minimum Gasteiger partial charge on any atom is -0.334 e. The van der Waals surface area contributed by atoms with Crippen LogP contribution in [0.2, 0.25) is 0 Å². The second-order valence-electron chi connectivity index (χ2n) is 5.19. The van der Waals surface area contributed by atoms with Crippen molar-refractivity contribution in [3.8, 4) is 6.07 Å². The van der Waals surface area contributed by atoms with Gasteiger partial charge < -0.3 is 5.32 Å². The van der Waals surface area contributed by atoms with Crippen molar-refractivity contribution in [3.05, 3.63) is 29.8 Å². The van der Waals surface area contributed by atoms with Crippen molar-refractivity contribution in [2.45, 2.75) is 38.1 Å². The molecule has 0 aromatic carbocycles. The maximum atomic E-state index is 13.5.